The highest BCUT2D eigenvalue weighted by Gasteiger charge is 2.13. The van der Waals surface area contributed by atoms with E-state index in [1.807, 2.05) is 0 Å². The van der Waals surface area contributed by atoms with E-state index in [0.717, 1.165) is 15.6 Å². The average Bonchev–Trinajstić information content (AvgIpc) is 2.58. The van der Waals surface area contributed by atoms with Crippen molar-refractivity contribution in [3.05, 3.63) is 15.6 Å². The first kappa shape index (κ1) is 13.1. The number of rotatable bonds is 7. The van der Waals surface area contributed by atoms with Crippen LogP contribution in [-0.2, 0) is 33.7 Å². The monoisotopic (exact) mass is 245 g/mol. The van der Waals surface area contributed by atoms with Gasteiger partial charge in [0.2, 0.25) is 0 Å². The summed E-state index contributed by atoms with van der Waals surface area (Å²) in [5, 5.41) is 9.65. The molecule has 0 saturated carbocycles. The van der Waals surface area contributed by atoms with E-state index in [1.54, 1.807) is 14.2 Å². The van der Waals surface area contributed by atoms with E-state index in [1.165, 1.54) is 11.3 Å². The van der Waals surface area contributed by atoms with Gasteiger partial charge in [-0.05, 0) is 0 Å². The smallest absolute Gasteiger partial charge is 0.308 e. The fraction of sp³-hybridized carbons (Fsp3) is 0.600. The molecule has 0 aliphatic rings. The van der Waals surface area contributed by atoms with Crippen molar-refractivity contribution in [1.29, 1.82) is 0 Å². The Balaban J connectivity index is 2.77. The molecule has 0 aliphatic carbocycles. The fourth-order valence-corrected chi connectivity index (χ4v) is 2.30. The highest BCUT2D eigenvalue weighted by atomic mass is 32.1. The van der Waals surface area contributed by atoms with Crippen molar-refractivity contribution in [3.63, 3.8) is 0 Å². The molecular weight excluding hydrogens is 230 g/mol. The topological polar surface area (TPSA) is 68.7 Å². The first-order valence-electron chi connectivity index (χ1n) is 4.84. The van der Waals surface area contributed by atoms with Crippen LogP contribution in [0, 0.1) is 0 Å². The molecule has 0 aliphatic heterocycles. The first-order valence-corrected chi connectivity index (χ1v) is 5.66. The maximum absolute atomic E-state index is 10.7. The molecule has 0 spiro atoms. The Morgan fingerprint density at radius 3 is 2.75 bits per heavy atom. The van der Waals surface area contributed by atoms with Gasteiger partial charge >= 0.3 is 5.97 Å². The molecule has 0 radical (unpaired) electrons. The second-order valence-corrected chi connectivity index (χ2v) is 4.39. The highest BCUT2D eigenvalue weighted by Crippen LogP contribution is 2.20. The molecule has 1 aromatic heterocycles. The van der Waals surface area contributed by atoms with Gasteiger partial charge in [0.1, 0.15) is 0 Å². The van der Waals surface area contributed by atoms with E-state index in [0.29, 0.717) is 19.6 Å². The van der Waals surface area contributed by atoms with Gasteiger partial charge in [-0.3, -0.25) is 4.79 Å². The van der Waals surface area contributed by atoms with Crippen LogP contribution in [-0.4, -0.2) is 36.9 Å². The van der Waals surface area contributed by atoms with Crippen molar-refractivity contribution in [2.24, 2.45) is 0 Å². The van der Waals surface area contributed by atoms with Crippen molar-refractivity contribution in [1.82, 2.24) is 4.98 Å². The van der Waals surface area contributed by atoms with Gasteiger partial charge in [-0.15, -0.1) is 11.3 Å². The van der Waals surface area contributed by atoms with Crippen LogP contribution >= 0.6 is 11.3 Å². The number of carboxylic acid groups (broad SMARTS) is 1. The average molecular weight is 245 g/mol. The minimum Gasteiger partial charge on any atom is -0.481 e. The summed E-state index contributed by atoms with van der Waals surface area (Å²) >= 11 is 1.42. The number of carbonyl (C=O) groups is 1. The van der Waals surface area contributed by atoms with Gasteiger partial charge < -0.3 is 14.6 Å². The van der Waals surface area contributed by atoms with Crippen LogP contribution in [0.15, 0.2) is 0 Å². The van der Waals surface area contributed by atoms with Gasteiger partial charge in [0.15, 0.2) is 0 Å². The number of aromatic nitrogens is 1. The lowest BCUT2D eigenvalue weighted by Crippen LogP contribution is -2.02. The molecule has 0 unspecified atom stereocenters. The fourth-order valence-electron chi connectivity index (χ4n) is 1.26. The molecule has 5 nitrogen and oxygen atoms in total. The molecule has 0 aromatic carbocycles. The third-order valence-electron chi connectivity index (χ3n) is 1.94. The Kier molecular flexibility index (Phi) is 5.37. The standard InChI is InChI=1S/C10H15NO4S/c1-14-4-3-9-11-7(6-15-2)8(16-9)5-10(12)13/h3-6H2,1-2H3,(H,12,13). The number of thiazole rings is 1. The largest absolute Gasteiger partial charge is 0.481 e. The van der Waals surface area contributed by atoms with Gasteiger partial charge in [-0.25, -0.2) is 4.98 Å². The minimum absolute atomic E-state index is 0.00332. The SMILES string of the molecule is COCCc1nc(COC)c(CC(=O)O)s1. The lowest BCUT2D eigenvalue weighted by molar-refractivity contribution is -0.136. The third-order valence-corrected chi connectivity index (χ3v) is 3.09. The van der Waals surface area contributed by atoms with Crippen molar-refractivity contribution in [2.45, 2.75) is 19.4 Å². The van der Waals surface area contributed by atoms with E-state index >= 15 is 0 Å². The Morgan fingerprint density at radius 2 is 2.19 bits per heavy atom. The van der Waals surface area contributed by atoms with E-state index < -0.39 is 5.97 Å². The van der Waals surface area contributed by atoms with Crippen LogP contribution in [0.25, 0.3) is 0 Å². The van der Waals surface area contributed by atoms with Gasteiger partial charge in [0, 0.05) is 25.5 Å². The van der Waals surface area contributed by atoms with E-state index in [4.69, 9.17) is 14.6 Å². The molecule has 0 atom stereocenters. The number of ether oxygens (including phenoxy) is 2. The lowest BCUT2D eigenvalue weighted by atomic mass is 10.3. The number of hydrogen-bond acceptors (Lipinski definition) is 5. The number of hydrogen-bond donors (Lipinski definition) is 1. The normalized spacial score (nSPS) is 10.6. The second kappa shape index (κ2) is 6.57. The van der Waals surface area contributed by atoms with Crippen molar-refractivity contribution in [2.75, 3.05) is 20.8 Å². The third kappa shape index (κ3) is 3.88. The summed E-state index contributed by atoms with van der Waals surface area (Å²) in [5.41, 5.74) is 0.723. The van der Waals surface area contributed by atoms with Gasteiger partial charge in [-0.1, -0.05) is 0 Å². The molecule has 0 saturated heterocycles. The zero-order valence-electron chi connectivity index (χ0n) is 9.36. The van der Waals surface area contributed by atoms with Crippen LogP contribution in [0.3, 0.4) is 0 Å². The van der Waals surface area contributed by atoms with E-state index in [-0.39, 0.29) is 6.42 Å². The molecule has 1 rings (SSSR count). The van der Waals surface area contributed by atoms with Crippen molar-refractivity contribution < 1.29 is 19.4 Å². The Morgan fingerprint density at radius 1 is 1.44 bits per heavy atom. The molecule has 90 valence electrons. The lowest BCUT2D eigenvalue weighted by Gasteiger charge is -1.96. The number of aliphatic carboxylic acids is 1. The zero-order valence-corrected chi connectivity index (χ0v) is 10.2. The van der Waals surface area contributed by atoms with Gasteiger partial charge in [0.05, 0.1) is 30.3 Å². The second-order valence-electron chi connectivity index (χ2n) is 3.22. The van der Waals surface area contributed by atoms with Crippen LogP contribution in [0.2, 0.25) is 0 Å². The Bertz CT molecular complexity index is 351. The van der Waals surface area contributed by atoms with E-state index in [9.17, 15) is 4.79 Å². The van der Waals surface area contributed by atoms with Crippen molar-refractivity contribution in [3.8, 4) is 0 Å². The molecular formula is C10H15NO4S. The summed E-state index contributed by atoms with van der Waals surface area (Å²) in [6.07, 6.45) is 0.709. The summed E-state index contributed by atoms with van der Waals surface area (Å²) < 4.78 is 9.94. The quantitative estimate of drug-likeness (QED) is 0.779. The van der Waals surface area contributed by atoms with Crippen molar-refractivity contribution >= 4 is 17.3 Å². The van der Waals surface area contributed by atoms with Crippen LogP contribution in [0.4, 0.5) is 0 Å². The summed E-state index contributed by atoms with van der Waals surface area (Å²) in [7, 11) is 3.19. The minimum atomic E-state index is -0.848. The maximum atomic E-state index is 10.7. The zero-order chi connectivity index (χ0) is 12.0. The molecule has 16 heavy (non-hydrogen) atoms. The molecule has 1 heterocycles. The summed E-state index contributed by atoms with van der Waals surface area (Å²) in [6, 6.07) is 0. The molecule has 0 amide bonds. The molecule has 0 bridgehead atoms. The first-order chi connectivity index (χ1) is 7.67. The van der Waals surface area contributed by atoms with Crippen LogP contribution in [0.5, 0.6) is 0 Å². The molecule has 6 heteroatoms. The van der Waals surface area contributed by atoms with Crippen LogP contribution in [0.1, 0.15) is 15.6 Å². The summed E-state index contributed by atoms with van der Waals surface area (Å²) in [5.74, 6) is -0.848. The van der Waals surface area contributed by atoms with E-state index in [2.05, 4.69) is 4.98 Å². The van der Waals surface area contributed by atoms with Gasteiger partial charge in [0.25, 0.3) is 0 Å². The summed E-state index contributed by atoms with van der Waals surface area (Å²) in [6.45, 7) is 0.943. The number of nitrogens with zero attached hydrogens (tertiary/aromatic N) is 1. The predicted molar refractivity (Wildman–Crippen MR) is 59.7 cm³/mol. The number of carboxylic acids is 1. The molecule has 1 aromatic rings. The number of methoxy groups -OCH3 is 2. The Hall–Kier alpha value is -0.980. The highest BCUT2D eigenvalue weighted by molar-refractivity contribution is 7.11. The predicted octanol–water partition coefficient (Wildman–Crippen LogP) is 1.11. The molecule has 0 fully saturated rings. The maximum Gasteiger partial charge on any atom is 0.308 e. The van der Waals surface area contributed by atoms with Gasteiger partial charge in [-0.2, -0.15) is 0 Å². The molecule has 1 N–H and O–H groups in total. The van der Waals surface area contributed by atoms with Crippen LogP contribution < -0.4 is 0 Å². The Labute approximate surface area is 98.0 Å². The summed E-state index contributed by atoms with van der Waals surface area (Å²) in [4.78, 5) is 15.8.